The smallest absolute Gasteiger partial charge is 0.239 e. The maximum absolute atomic E-state index is 11.6. The third-order valence-electron chi connectivity index (χ3n) is 2.92. The lowest BCUT2D eigenvalue weighted by Gasteiger charge is -2.10. The van der Waals surface area contributed by atoms with E-state index in [1.807, 2.05) is 6.07 Å². The van der Waals surface area contributed by atoms with Gasteiger partial charge in [-0.15, -0.1) is 0 Å². The van der Waals surface area contributed by atoms with E-state index < -0.39 is 0 Å². The summed E-state index contributed by atoms with van der Waals surface area (Å²) in [4.78, 5) is 11.6. The molecule has 0 spiro atoms. The zero-order valence-electron chi connectivity index (χ0n) is 11.7. The van der Waals surface area contributed by atoms with Gasteiger partial charge in [-0.1, -0.05) is 37.5 Å². The number of carbonyl (C=O) groups is 1. The van der Waals surface area contributed by atoms with Crippen molar-refractivity contribution in [3.05, 3.63) is 29.3 Å². The SMILES string of the molecule is CCCCCNC(=O)CNc1ccc(C)cc1C. The van der Waals surface area contributed by atoms with Crippen LogP contribution >= 0.6 is 0 Å². The molecule has 100 valence electrons. The molecule has 0 saturated carbocycles. The number of hydrogen-bond donors (Lipinski definition) is 2. The first-order valence-corrected chi connectivity index (χ1v) is 6.71. The molecule has 0 saturated heterocycles. The van der Waals surface area contributed by atoms with Gasteiger partial charge in [0.25, 0.3) is 0 Å². The van der Waals surface area contributed by atoms with Gasteiger partial charge in [0.15, 0.2) is 0 Å². The molecular formula is C15H24N2O. The van der Waals surface area contributed by atoms with Gasteiger partial charge in [0.2, 0.25) is 5.91 Å². The molecule has 0 atom stereocenters. The van der Waals surface area contributed by atoms with Crippen LogP contribution in [-0.4, -0.2) is 19.0 Å². The van der Waals surface area contributed by atoms with Gasteiger partial charge in [0, 0.05) is 12.2 Å². The first-order valence-electron chi connectivity index (χ1n) is 6.71. The van der Waals surface area contributed by atoms with Gasteiger partial charge in [-0.05, 0) is 31.9 Å². The lowest BCUT2D eigenvalue weighted by Crippen LogP contribution is -2.30. The highest BCUT2D eigenvalue weighted by Gasteiger charge is 2.02. The van der Waals surface area contributed by atoms with Gasteiger partial charge in [0.05, 0.1) is 6.54 Å². The average molecular weight is 248 g/mol. The largest absolute Gasteiger partial charge is 0.376 e. The van der Waals surface area contributed by atoms with Crippen molar-refractivity contribution in [3.8, 4) is 0 Å². The molecule has 2 N–H and O–H groups in total. The molecule has 0 aromatic heterocycles. The summed E-state index contributed by atoms with van der Waals surface area (Å²) in [6.45, 7) is 7.40. The van der Waals surface area contributed by atoms with Gasteiger partial charge in [-0.25, -0.2) is 0 Å². The molecule has 0 fully saturated rings. The predicted molar refractivity (Wildman–Crippen MR) is 76.9 cm³/mol. The van der Waals surface area contributed by atoms with Crippen LogP contribution in [-0.2, 0) is 4.79 Å². The fourth-order valence-corrected chi connectivity index (χ4v) is 1.85. The molecule has 0 bridgehead atoms. The number of aryl methyl sites for hydroxylation is 2. The molecule has 0 aliphatic heterocycles. The van der Waals surface area contributed by atoms with Crippen molar-refractivity contribution in [2.45, 2.75) is 40.0 Å². The summed E-state index contributed by atoms with van der Waals surface area (Å²) in [6, 6.07) is 6.19. The lowest BCUT2D eigenvalue weighted by molar-refractivity contribution is -0.119. The summed E-state index contributed by atoms with van der Waals surface area (Å²) >= 11 is 0. The first-order chi connectivity index (χ1) is 8.63. The summed E-state index contributed by atoms with van der Waals surface area (Å²) in [6.07, 6.45) is 3.41. The van der Waals surface area contributed by atoms with E-state index in [0.29, 0.717) is 6.54 Å². The Morgan fingerprint density at radius 3 is 2.67 bits per heavy atom. The van der Waals surface area contributed by atoms with Crippen LogP contribution in [0.1, 0.15) is 37.3 Å². The molecule has 18 heavy (non-hydrogen) atoms. The maximum atomic E-state index is 11.6. The third kappa shape index (κ3) is 5.21. The second-order valence-electron chi connectivity index (χ2n) is 4.73. The number of amides is 1. The minimum absolute atomic E-state index is 0.0612. The zero-order valence-corrected chi connectivity index (χ0v) is 11.7. The van der Waals surface area contributed by atoms with Crippen molar-refractivity contribution in [1.29, 1.82) is 0 Å². The van der Waals surface area contributed by atoms with Gasteiger partial charge in [-0.2, -0.15) is 0 Å². The van der Waals surface area contributed by atoms with Crippen molar-refractivity contribution in [3.63, 3.8) is 0 Å². The molecule has 3 heteroatoms. The maximum Gasteiger partial charge on any atom is 0.239 e. The number of anilines is 1. The molecule has 1 aromatic carbocycles. The Morgan fingerprint density at radius 2 is 2.00 bits per heavy atom. The monoisotopic (exact) mass is 248 g/mol. The van der Waals surface area contributed by atoms with Crippen LogP contribution in [0.5, 0.6) is 0 Å². The topological polar surface area (TPSA) is 41.1 Å². The Morgan fingerprint density at radius 1 is 1.22 bits per heavy atom. The quantitative estimate of drug-likeness (QED) is 0.728. The molecule has 1 aromatic rings. The minimum atomic E-state index is 0.0612. The Hall–Kier alpha value is -1.51. The minimum Gasteiger partial charge on any atom is -0.376 e. The molecule has 0 unspecified atom stereocenters. The number of rotatable bonds is 7. The first kappa shape index (κ1) is 14.6. The van der Waals surface area contributed by atoms with E-state index in [4.69, 9.17) is 0 Å². The second-order valence-corrected chi connectivity index (χ2v) is 4.73. The van der Waals surface area contributed by atoms with Crippen molar-refractivity contribution in [2.75, 3.05) is 18.4 Å². The number of unbranched alkanes of at least 4 members (excludes halogenated alkanes) is 2. The second kappa shape index (κ2) is 7.75. The van der Waals surface area contributed by atoms with E-state index in [1.165, 1.54) is 24.0 Å². The number of hydrogen-bond acceptors (Lipinski definition) is 2. The molecule has 3 nitrogen and oxygen atoms in total. The highest BCUT2D eigenvalue weighted by atomic mass is 16.1. The lowest BCUT2D eigenvalue weighted by atomic mass is 10.1. The Labute approximate surface area is 110 Å². The van der Waals surface area contributed by atoms with E-state index in [-0.39, 0.29) is 5.91 Å². The van der Waals surface area contributed by atoms with Crippen molar-refractivity contribution >= 4 is 11.6 Å². The molecule has 0 radical (unpaired) electrons. The van der Waals surface area contributed by atoms with Gasteiger partial charge in [0.1, 0.15) is 0 Å². The fourth-order valence-electron chi connectivity index (χ4n) is 1.85. The predicted octanol–water partition coefficient (Wildman–Crippen LogP) is 3.02. The summed E-state index contributed by atoms with van der Waals surface area (Å²) in [5, 5.41) is 6.09. The summed E-state index contributed by atoms with van der Waals surface area (Å²) in [5.74, 6) is 0.0612. The van der Waals surface area contributed by atoms with Crippen molar-refractivity contribution < 1.29 is 4.79 Å². The van der Waals surface area contributed by atoms with E-state index in [9.17, 15) is 4.79 Å². The fraction of sp³-hybridized carbons (Fsp3) is 0.533. The summed E-state index contributed by atoms with van der Waals surface area (Å²) in [7, 11) is 0. The van der Waals surface area contributed by atoms with E-state index in [2.05, 4.69) is 43.5 Å². The normalized spacial score (nSPS) is 10.2. The Kier molecular flexibility index (Phi) is 6.26. The Balaban J connectivity index is 2.29. The number of benzene rings is 1. The van der Waals surface area contributed by atoms with Crippen LogP contribution in [0.3, 0.4) is 0 Å². The summed E-state index contributed by atoms with van der Waals surface area (Å²) in [5.41, 5.74) is 3.44. The molecule has 1 rings (SSSR count). The van der Waals surface area contributed by atoms with E-state index in [0.717, 1.165) is 18.7 Å². The molecule has 0 heterocycles. The average Bonchev–Trinajstić information content (AvgIpc) is 2.33. The van der Waals surface area contributed by atoms with Crippen molar-refractivity contribution in [2.24, 2.45) is 0 Å². The van der Waals surface area contributed by atoms with E-state index >= 15 is 0 Å². The summed E-state index contributed by atoms with van der Waals surface area (Å²) < 4.78 is 0. The molecule has 1 amide bonds. The standard InChI is InChI=1S/C15H24N2O/c1-4-5-6-9-16-15(18)11-17-14-8-7-12(2)10-13(14)3/h7-8,10,17H,4-6,9,11H2,1-3H3,(H,16,18). The molecular weight excluding hydrogens is 224 g/mol. The zero-order chi connectivity index (χ0) is 13.4. The van der Waals surface area contributed by atoms with Crippen LogP contribution in [0.2, 0.25) is 0 Å². The van der Waals surface area contributed by atoms with Crippen LogP contribution < -0.4 is 10.6 Å². The molecule has 0 aliphatic rings. The van der Waals surface area contributed by atoms with Crippen LogP contribution in [0.25, 0.3) is 0 Å². The number of carbonyl (C=O) groups excluding carboxylic acids is 1. The van der Waals surface area contributed by atoms with Gasteiger partial charge >= 0.3 is 0 Å². The highest BCUT2D eigenvalue weighted by Crippen LogP contribution is 2.15. The number of nitrogens with one attached hydrogen (secondary N) is 2. The van der Waals surface area contributed by atoms with Crippen LogP contribution in [0, 0.1) is 13.8 Å². The Bertz CT molecular complexity index is 388. The van der Waals surface area contributed by atoms with Gasteiger partial charge in [-0.3, -0.25) is 4.79 Å². The third-order valence-corrected chi connectivity index (χ3v) is 2.92. The highest BCUT2D eigenvalue weighted by molar-refractivity contribution is 5.80. The van der Waals surface area contributed by atoms with Crippen molar-refractivity contribution in [1.82, 2.24) is 5.32 Å². The molecule has 0 aliphatic carbocycles. The van der Waals surface area contributed by atoms with E-state index in [1.54, 1.807) is 0 Å². The van der Waals surface area contributed by atoms with Gasteiger partial charge < -0.3 is 10.6 Å². The van der Waals surface area contributed by atoms with Crippen LogP contribution in [0.15, 0.2) is 18.2 Å². The van der Waals surface area contributed by atoms with Crippen LogP contribution in [0.4, 0.5) is 5.69 Å².